The molecule has 1 amide bonds. The Hall–Kier alpha value is -1.47. The van der Waals surface area contributed by atoms with Crippen LogP contribution in [0.1, 0.15) is 12.5 Å². The van der Waals surface area contributed by atoms with E-state index in [0.29, 0.717) is 16.3 Å². The van der Waals surface area contributed by atoms with Crippen LogP contribution in [0, 0.1) is 6.92 Å². The normalized spacial score (nSPS) is 12.5. The molecule has 0 heterocycles. The van der Waals surface area contributed by atoms with Gasteiger partial charge in [-0.05, 0) is 49.7 Å². The van der Waals surface area contributed by atoms with Crippen LogP contribution < -0.4 is 9.62 Å². The Kier molecular flexibility index (Phi) is 6.45. The molecule has 0 saturated carbocycles. The molecule has 0 saturated heterocycles. The smallest absolute Gasteiger partial charge is 0.248 e. The van der Waals surface area contributed by atoms with Gasteiger partial charge in [-0.2, -0.15) is 0 Å². The number of halogens is 3. The second kappa shape index (κ2) is 8.05. The van der Waals surface area contributed by atoms with Gasteiger partial charge >= 0.3 is 0 Å². The van der Waals surface area contributed by atoms with Crippen molar-refractivity contribution in [1.29, 1.82) is 0 Å². The van der Waals surface area contributed by atoms with Crippen molar-refractivity contribution in [2.75, 3.05) is 15.9 Å². The molecular formula is C17H17Cl3N2O3S. The number of rotatable bonds is 5. The summed E-state index contributed by atoms with van der Waals surface area (Å²) < 4.78 is 25.6. The number of nitrogens with zero attached hydrogens (tertiary/aromatic N) is 1. The Bertz CT molecular complexity index is 928. The van der Waals surface area contributed by atoms with E-state index in [0.717, 1.165) is 10.6 Å². The minimum atomic E-state index is -3.78. The van der Waals surface area contributed by atoms with E-state index in [1.54, 1.807) is 25.1 Å². The molecule has 2 rings (SSSR count). The van der Waals surface area contributed by atoms with Crippen LogP contribution in [-0.2, 0) is 14.8 Å². The van der Waals surface area contributed by atoms with Gasteiger partial charge in [0.25, 0.3) is 0 Å². The van der Waals surface area contributed by atoms with Crippen LogP contribution in [0.15, 0.2) is 36.4 Å². The summed E-state index contributed by atoms with van der Waals surface area (Å²) in [6, 6.07) is 8.39. The maximum absolute atomic E-state index is 12.7. The number of benzene rings is 2. The minimum absolute atomic E-state index is 0.204. The molecule has 5 nitrogen and oxygen atoms in total. The van der Waals surface area contributed by atoms with Gasteiger partial charge in [-0.25, -0.2) is 8.42 Å². The fourth-order valence-electron chi connectivity index (χ4n) is 2.46. The maximum Gasteiger partial charge on any atom is 0.248 e. The van der Waals surface area contributed by atoms with Gasteiger partial charge in [0.05, 0.1) is 11.9 Å². The largest absolute Gasteiger partial charge is 0.324 e. The van der Waals surface area contributed by atoms with Crippen molar-refractivity contribution < 1.29 is 13.2 Å². The molecule has 2 aromatic carbocycles. The topological polar surface area (TPSA) is 66.5 Å². The number of hydrogen-bond acceptors (Lipinski definition) is 3. The Labute approximate surface area is 167 Å². The number of carbonyl (C=O) groups is 1. The van der Waals surface area contributed by atoms with Gasteiger partial charge < -0.3 is 5.32 Å². The molecule has 0 fully saturated rings. The number of amides is 1. The Morgan fingerprint density at radius 3 is 2.23 bits per heavy atom. The first kappa shape index (κ1) is 20.8. The van der Waals surface area contributed by atoms with Gasteiger partial charge in [-0.1, -0.05) is 40.9 Å². The molecule has 140 valence electrons. The minimum Gasteiger partial charge on any atom is -0.324 e. The summed E-state index contributed by atoms with van der Waals surface area (Å²) in [7, 11) is -3.78. The third-order valence-corrected chi connectivity index (χ3v) is 5.80. The summed E-state index contributed by atoms with van der Waals surface area (Å²) in [5.41, 5.74) is 1.40. The van der Waals surface area contributed by atoms with Crippen molar-refractivity contribution in [2.24, 2.45) is 0 Å². The van der Waals surface area contributed by atoms with Crippen LogP contribution in [-0.4, -0.2) is 26.6 Å². The highest BCUT2D eigenvalue weighted by atomic mass is 35.5. The summed E-state index contributed by atoms with van der Waals surface area (Å²) in [4.78, 5) is 12.7. The first-order valence-electron chi connectivity index (χ1n) is 7.52. The van der Waals surface area contributed by atoms with Gasteiger partial charge in [0.2, 0.25) is 15.9 Å². The monoisotopic (exact) mass is 434 g/mol. The van der Waals surface area contributed by atoms with Crippen LogP contribution >= 0.6 is 34.8 Å². The fourth-order valence-corrected chi connectivity index (χ4v) is 4.30. The van der Waals surface area contributed by atoms with E-state index in [-0.39, 0.29) is 15.7 Å². The predicted molar refractivity (Wildman–Crippen MR) is 108 cm³/mol. The molecule has 0 bridgehead atoms. The molecule has 0 unspecified atom stereocenters. The van der Waals surface area contributed by atoms with E-state index >= 15 is 0 Å². The molecule has 0 spiro atoms. The molecule has 1 N–H and O–H groups in total. The molecule has 26 heavy (non-hydrogen) atoms. The van der Waals surface area contributed by atoms with Gasteiger partial charge in [-0.15, -0.1) is 0 Å². The molecular weight excluding hydrogens is 419 g/mol. The Morgan fingerprint density at radius 1 is 1.12 bits per heavy atom. The molecule has 2 aromatic rings. The van der Waals surface area contributed by atoms with Crippen molar-refractivity contribution in [3.8, 4) is 0 Å². The van der Waals surface area contributed by atoms with Crippen molar-refractivity contribution in [1.82, 2.24) is 0 Å². The van der Waals surface area contributed by atoms with Gasteiger partial charge in [0.15, 0.2) is 0 Å². The summed E-state index contributed by atoms with van der Waals surface area (Å²) in [6.07, 6.45) is 1.01. The first-order valence-corrected chi connectivity index (χ1v) is 10.5. The average molecular weight is 436 g/mol. The van der Waals surface area contributed by atoms with Crippen LogP contribution in [0.2, 0.25) is 15.1 Å². The molecule has 0 radical (unpaired) electrons. The highest BCUT2D eigenvalue weighted by Crippen LogP contribution is 2.29. The van der Waals surface area contributed by atoms with Crippen molar-refractivity contribution in [3.63, 3.8) is 0 Å². The molecule has 0 aromatic heterocycles. The van der Waals surface area contributed by atoms with E-state index in [1.165, 1.54) is 25.1 Å². The Balaban J connectivity index is 2.39. The molecule has 9 heteroatoms. The van der Waals surface area contributed by atoms with E-state index in [2.05, 4.69) is 5.32 Å². The maximum atomic E-state index is 12.7. The SMILES string of the molecule is Cc1c(Cl)cccc1NC(=O)[C@@H](C)N(c1cc(Cl)cc(Cl)c1)S(C)(=O)=O. The molecule has 0 aliphatic rings. The zero-order chi connectivity index (χ0) is 19.6. The van der Waals surface area contributed by atoms with Crippen LogP contribution in [0.4, 0.5) is 11.4 Å². The van der Waals surface area contributed by atoms with Crippen molar-refractivity contribution in [2.45, 2.75) is 19.9 Å². The van der Waals surface area contributed by atoms with Crippen LogP contribution in [0.5, 0.6) is 0 Å². The van der Waals surface area contributed by atoms with Crippen LogP contribution in [0.25, 0.3) is 0 Å². The van der Waals surface area contributed by atoms with Gasteiger partial charge in [-0.3, -0.25) is 9.10 Å². The lowest BCUT2D eigenvalue weighted by Crippen LogP contribution is -2.45. The standard InChI is InChI=1S/C17H17Cl3N2O3S/c1-10-15(20)5-4-6-16(10)21-17(23)11(2)22(26(3,24)25)14-8-12(18)7-13(19)9-14/h4-9,11H,1-3H3,(H,21,23)/t11-/m1/s1. The van der Waals surface area contributed by atoms with Crippen molar-refractivity contribution in [3.05, 3.63) is 57.0 Å². The quantitative estimate of drug-likeness (QED) is 0.737. The highest BCUT2D eigenvalue weighted by molar-refractivity contribution is 7.92. The molecule has 0 aliphatic carbocycles. The highest BCUT2D eigenvalue weighted by Gasteiger charge is 2.30. The Morgan fingerprint density at radius 2 is 1.69 bits per heavy atom. The average Bonchev–Trinajstić information content (AvgIpc) is 2.49. The first-order chi connectivity index (χ1) is 12.0. The van der Waals surface area contributed by atoms with E-state index in [9.17, 15) is 13.2 Å². The zero-order valence-electron chi connectivity index (χ0n) is 14.3. The lowest BCUT2D eigenvalue weighted by atomic mass is 10.2. The predicted octanol–water partition coefficient (Wildman–Crippen LogP) is 4.75. The molecule has 1 atom stereocenters. The number of sulfonamides is 1. The summed E-state index contributed by atoms with van der Waals surface area (Å²) in [5, 5.41) is 3.73. The number of anilines is 2. The lowest BCUT2D eigenvalue weighted by Gasteiger charge is -2.28. The van der Waals surface area contributed by atoms with Crippen molar-refractivity contribution >= 4 is 62.1 Å². The summed E-state index contributed by atoms with van der Waals surface area (Å²) in [5.74, 6) is -0.517. The number of carbonyl (C=O) groups excluding carboxylic acids is 1. The van der Waals surface area contributed by atoms with Crippen LogP contribution in [0.3, 0.4) is 0 Å². The third kappa shape index (κ3) is 4.82. The lowest BCUT2D eigenvalue weighted by molar-refractivity contribution is -0.116. The van der Waals surface area contributed by atoms with Gasteiger partial charge in [0, 0.05) is 20.8 Å². The molecule has 0 aliphatic heterocycles. The third-order valence-electron chi connectivity index (χ3n) is 3.72. The summed E-state index contributed by atoms with van der Waals surface area (Å²) in [6.45, 7) is 3.23. The zero-order valence-corrected chi connectivity index (χ0v) is 17.3. The van der Waals surface area contributed by atoms with Gasteiger partial charge in [0.1, 0.15) is 6.04 Å². The number of nitrogens with one attached hydrogen (secondary N) is 1. The van der Waals surface area contributed by atoms with E-state index in [1.807, 2.05) is 0 Å². The number of hydrogen-bond donors (Lipinski definition) is 1. The van der Waals surface area contributed by atoms with E-state index < -0.39 is 22.0 Å². The second-order valence-corrected chi connectivity index (χ2v) is 8.90. The van der Waals surface area contributed by atoms with E-state index in [4.69, 9.17) is 34.8 Å². The summed E-state index contributed by atoms with van der Waals surface area (Å²) >= 11 is 18.0. The second-order valence-electron chi connectivity index (χ2n) is 5.76. The fraction of sp³-hybridized carbons (Fsp3) is 0.235.